The highest BCUT2D eigenvalue weighted by Gasteiger charge is 2.38. The van der Waals surface area contributed by atoms with Gasteiger partial charge >= 0.3 is 0 Å². The molecule has 6 rings (SSSR count). The number of hydrogen-bond donors (Lipinski definition) is 0. The molecule has 3 aliphatic rings. The number of rotatable bonds is 2. The van der Waals surface area contributed by atoms with Crippen molar-refractivity contribution in [1.82, 2.24) is 19.6 Å². The maximum Gasteiger partial charge on any atom is 0.272 e. The van der Waals surface area contributed by atoms with Crippen LogP contribution in [0.5, 0.6) is 5.75 Å². The average Bonchev–Trinajstić information content (AvgIpc) is 3.64. The Kier molecular flexibility index (Phi) is 8.29. The van der Waals surface area contributed by atoms with Crippen molar-refractivity contribution in [3.05, 3.63) is 71.7 Å². The standard InChI is InChI=1S/C33H39FN4O4/c1-36-29(21-28(35-36)24-10-12-25(34)13-11-24)32(40)37-18-15-33(16-19-37)14-4-5-20-41-22-26-7-6-17-38(26)31(39)27-8-2-3-9-30(27)42-23-33/h2-3,8-13,21,26H,4-7,14-20,22-23H2,1H3/t26-/m0/s1. The van der Waals surface area contributed by atoms with Gasteiger partial charge in [-0.05, 0) is 81.0 Å². The molecule has 0 radical (unpaired) electrons. The maximum absolute atomic E-state index is 13.6. The molecule has 3 aliphatic heterocycles. The Balaban J connectivity index is 1.16. The minimum absolute atomic E-state index is 0.0133. The van der Waals surface area contributed by atoms with Crippen molar-refractivity contribution in [2.45, 2.75) is 51.0 Å². The van der Waals surface area contributed by atoms with E-state index in [4.69, 9.17) is 9.47 Å². The Morgan fingerprint density at radius 1 is 1.00 bits per heavy atom. The lowest BCUT2D eigenvalue weighted by Crippen LogP contribution is -2.46. The molecule has 42 heavy (non-hydrogen) atoms. The van der Waals surface area contributed by atoms with Crippen molar-refractivity contribution in [1.29, 1.82) is 0 Å². The van der Waals surface area contributed by atoms with Gasteiger partial charge in [0, 0.05) is 44.3 Å². The van der Waals surface area contributed by atoms with Gasteiger partial charge in [0.2, 0.25) is 0 Å². The summed E-state index contributed by atoms with van der Waals surface area (Å²) >= 11 is 0. The number of ether oxygens (including phenoxy) is 2. The molecule has 9 heteroatoms. The molecule has 1 spiro atoms. The van der Waals surface area contributed by atoms with Gasteiger partial charge < -0.3 is 19.3 Å². The number of nitrogens with zero attached hydrogens (tertiary/aromatic N) is 4. The van der Waals surface area contributed by atoms with E-state index in [1.807, 2.05) is 34.1 Å². The van der Waals surface area contributed by atoms with Crippen molar-refractivity contribution in [2.75, 3.05) is 39.5 Å². The summed E-state index contributed by atoms with van der Waals surface area (Å²) in [5.41, 5.74) is 2.43. The summed E-state index contributed by atoms with van der Waals surface area (Å²) in [5, 5.41) is 4.51. The minimum atomic E-state index is -0.308. The molecular weight excluding hydrogens is 535 g/mol. The van der Waals surface area contributed by atoms with E-state index in [-0.39, 0.29) is 29.1 Å². The lowest BCUT2D eigenvalue weighted by Gasteiger charge is -2.42. The van der Waals surface area contributed by atoms with Gasteiger partial charge in [-0.25, -0.2) is 4.39 Å². The number of amides is 2. The first-order valence-corrected chi connectivity index (χ1v) is 15.1. The highest BCUT2D eigenvalue weighted by atomic mass is 19.1. The summed E-state index contributed by atoms with van der Waals surface area (Å²) in [4.78, 5) is 31.0. The molecular formula is C33H39FN4O4. The van der Waals surface area contributed by atoms with Crippen LogP contribution in [0, 0.1) is 11.2 Å². The van der Waals surface area contributed by atoms with E-state index in [1.165, 1.54) is 12.1 Å². The predicted octanol–water partition coefficient (Wildman–Crippen LogP) is 5.33. The minimum Gasteiger partial charge on any atom is -0.492 e. The number of aromatic nitrogens is 2. The number of benzene rings is 2. The van der Waals surface area contributed by atoms with E-state index >= 15 is 0 Å². The molecule has 0 N–H and O–H groups in total. The molecule has 222 valence electrons. The van der Waals surface area contributed by atoms with Gasteiger partial charge in [0.05, 0.1) is 30.5 Å². The topological polar surface area (TPSA) is 76.9 Å². The summed E-state index contributed by atoms with van der Waals surface area (Å²) in [6.45, 7) is 3.75. The van der Waals surface area contributed by atoms with Crippen LogP contribution in [0.2, 0.25) is 0 Å². The molecule has 4 heterocycles. The van der Waals surface area contributed by atoms with Crippen LogP contribution in [0.3, 0.4) is 0 Å². The molecule has 1 atom stereocenters. The molecule has 0 saturated carbocycles. The molecule has 3 aromatic rings. The second-order valence-electron chi connectivity index (χ2n) is 11.9. The largest absolute Gasteiger partial charge is 0.492 e. The van der Waals surface area contributed by atoms with Crippen LogP contribution in [-0.4, -0.2) is 76.9 Å². The number of likely N-dealkylation sites (tertiary alicyclic amines) is 1. The van der Waals surface area contributed by atoms with Gasteiger partial charge in [0.1, 0.15) is 17.3 Å². The Morgan fingerprint density at radius 3 is 2.60 bits per heavy atom. The van der Waals surface area contributed by atoms with Crippen LogP contribution in [0.1, 0.15) is 65.8 Å². The summed E-state index contributed by atoms with van der Waals surface area (Å²) in [6, 6.07) is 15.6. The van der Waals surface area contributed by atoms with Crippen LogP contribution < -0.4 is 4.74 Å². The zero-order chi connectivity index (χ0) is 29.1. The first kappa shape index (κ1) is 28.4. The molecule has 1 aromatic heterocycles. The summed E-state index contributed by atoms with van der Waals surface area (Å²) < 4.78 is 27.5. The van der Waals surface area contributed by atoms with Gasteiger partial charge in [-0.3, -0.25) is 14.3 Å². The first-order valence-electron chi connectivity index (χ1n) is 15.1. The Hall–Kier alpha value is -3.72. The number of aryl methyl sites for hydroxylation is 1. The second-order valence-corrected chi connectivity index (χ2v) is 11.9. The summed E-state index contributed by atoms with van der Waals surface area (Å²) in [7, 11) is 1.77. The van der Waals surface area contributed by atoms with E-state index in [1.54, 1.807) is 29.9 Å². The van der Waals surface area contributed by atoms with E-state index in [0.717, 1.165) is 57.1 Å². The van der Waals surface area contributed by atoms with Gasteiger partial charge in [-0.1, -0.05) is 18.6 Å². The molecule has 2 fully saturated rings. The third-order valence-corrected chi connectivity index (χ3v) is 9.20. The lowest BCUT2D eigenvalue weighted by molar-refractivity contribution is 0.0298. The molecule has 0 bridgehead atoms. The van der Waals surface area contributed by atoms with Crippen LogP contribution >= 0.6 is 0 Å². The number of piperidine rings is 1. The number of para-hydroxylation sites is 1. The average molecular weight is 575 g/mol. The number of carbonyl (C=O) groups is 2. The zero-order valence-electron chi connectivity index (χ0n) is 24.3. The zero-order valence-corrected chi connectivity index (χ0v) is 24.3. The number of hydrogen-bond acceptors (Lipinski definition) is 5. The van der Waals surface area contributed by atoms with E-state index < -0.39 is 0 Å². The fourth-order valence-corrected chi connectivity index (χ4v) is 6.60. The van der Waals surface area contributed by atoms with Gasteiger partial charge in [-0.2, -0.15) is 5.10 Å². The van der Waals surface area contributed by atoms with Gasteiger partial charge in [0.15, 0.2) is 0 Å². The fourth-order valence-electron chi connectivity index (χ4n) is 6.60. The third-order valence-electron chi connectivity index (χ3n) is 9.20. The Morgan fingerprint density at radius 2 is 1.79 bits per heavy atom. The first-order chi connectivity index (χ1) is 20.4. The Bertz CT molecular complexity index is 1410. The van der Waals surface area contributed by atoms with Crippen molar-refractivity contribution >= 4 is 11.8 Å². The SMILES string of the molecule is Cn1nc(-c2ccc(F)cc2)cc1C(=O)N1CCC2(CCCCOC[C@@H]3CCCN3C(=O)c3ccccc3OC2)CC1. The summed E-state index contributed by atoms with van der Waals surface area (Å²) in [5.74, 6) is 0.281. The molecule has 2 saturated heterocycles. The molecule has 0 unspecified atom stereocenters. The van der Waals surface area contributed by atoms with E-state index in [0.29, 0.717) is 55.6 Å². The van der Waals surface area contributed by atoms with Crippen LogP contribution in [-0.2, 0) is 11.8 Å². The van der Waals surface area contributed by atoms with Crippen LogP contribution in [0.15, 0.2) is 54.6 Å². The molecule has 8 nitrogen and oxygen atoms in total. The van der Waals surface area contributed by atoms with Crippen LogP contribution in [0.4, 0.5) is 4.39 Å². The normalized spacial score (nSPS) is 21.4. The predicted molar refractivity (Wildman–Crippen MR) is 157 cm³/mol. The van der Waals surface area contributed by atoms with Crippen molar-refractivity contribution in [2.24, 2.45) is 12.5 Å². The van der Waals surface area contributed by atoms with Gasteiger partial charge in [0.25, 0.3) is 11.8 Å². The van der Waals surface area contributed by atoms with E-state index in [9.17, 15) is 14.0 Å². The maximum atomic E-state index is 13.6. The number of carbonyl (C=O) groups excluding carboxylic acids is 2. The molecule has 2 aromatic carbocycles. The van der Waals surface area contributed by atoms with Gasteiger partial charge in [-0.15, -0.1) is 0 Å². The van der Waals surface area contributed by atoms with Crippen molar-refractivity contribution in [3.8, 4) is 17.0 Å². The fraction of sp³-hybridized carbons (Fsp3) is 0.485. The van der Waals surface area contributed by atoms with Crippen molar-refractivity contribution in [3.63, 3.8) is 0 Å². The quantitative estimate of drug-likeness (QED) is 0.414. The monoisotopic (exact) mass is 574 g/mol. The highest BCUT2D eigenvalue weighted by molar-refractivity contribution is 5.97. The summed E-state index contributed by atoms with van der Waals surface area (Å²) in [6.07, 6.45) is 6.55. The number of halogens is 1. The van der Waals surface area contributed by atoms with Crippen molar-refractivity contribution < 1.29 is 23.5 Å². The van der Waals surface area contributed by atoms with E-state index in [2.05, 4.69) is 5.10 Å². The third kappa shape index (κ3) is 5.93. The van der Waals surface area contributed by atoms with Crippen LogP contribution in [0.25, 0.3) is 11.3 Å². The smallest absolute Gasteiger partial charge is 0.272 e. The molecule has 0 aliphatic carbocycles. The number of fused-ring (bicyclic) bond motifs is 2. The molecule has 2 amide bonds. The second kappa shape index (κ2) is 12.3. The Labute approximate surface area is 246 Å². The highest BCUT2D eigenvalue weighted by Crippen LogP contribution is 2.39. The lowest BCUT2D eigenvalue weighted by atomic mass is 9.75.